The summed E-state index contributed by atoms with van der Waals surface area (Å²) in [6, 6.07) is 10.8. The molecule has 0 aliphatic carbocycles. The van der Waals surface area contributed by atoms with Crippen molar-refractivity contribution in [1.82, 2.24) is 9.97 Å². The van der Waals surface area contributed by atoms with Gasteiger partial charge < -0.3 is 15.0 Å². The first-order valence-corrected chi connectivity index (χ1v) is 8.13. The maximum Gasteiger partial charge on any atom is 0.223 e. The molecule has 2 heterocycles. The van der Waals surface area contributed by atoms with Crippen LogP contribution in [0.15, 0.2) is 30.3 Å². The first kappa shape index (κ1) is 15.7. The van der Waals surface area contributed by atoms with Crippen LogP contribution in [0.2, 0.25) is 0 Å². The van der Waals surface area contributed by atoms with E-state index in [2.05, 4.69) is 51.4 Å². The molecular formula is C18H24N4O. The van der Waals surface area contributed by atoms with E-state index in [1.165, 1.54) is 11.3 Å². The van der Waals surface area contributed by atoms with Crippen molar-refractivity contribution in [3.8, 4) is 0 Å². The topological polar surface area (TPSA) is 50.3 Å². The number of ether oxygens (including phenoxy) is 1. The molecule has 1 fully saturated rings. The lowest BCUT2D eigenvalue weighted by Gasteiger charge is -2.29. The van der Waals surface area contributed by atoms with Gasteiger partial charge in [-0.05, 0) is 44.5 Å². The number of morpholine rings is 1. The van der Waals surface area contributed by atoms with Crippen molar-refractivity contribution < 1.29 is 4.74 Å². The number of hydrogen-bond donors (Lipinski definition) is 1. The van der Waals surface area contributed by atoms with E-state index < -0.39 is 0 Å². The van der Waals surface area contributed by atoms with Gasteiger partial charge in [-0.2, -0.15) is 0 Å². The van der Waals surface area contributed by atoms with Crippen molar-refractivity contribution in [2.45, 2.75) is 26.8 Å². The van der Waals surface area contributed by atoms with E-state index >= 15 is 0 Å². The van der Waals surface area contributed by atoms with E-state index in [0.29, 0.717) is 5.95 Å². The SMILES string of the molecule is Cc1cc(C)nc(N[C@@H](C)c2ccc(N3CCOCC3)cc2)n1. The van der Waals surface area contributed by atoms with Crippen molar-refractivity contribution in [2.24, 2.45) is 0 Å². The molecule has 0 saturated carbocycles. The standard InChI is InChI=1S/C18H24N4O/c1-13-12-14(2)20-18(19-13)21-15(3)16-4-6-17(7-5-16)22-8-10-23-11-9-22/h4-7,12,15H,8-11H2,1-3H3,(H,19,20,21)/t15-/m0/s1. The third-order valence-corrected chi connectivity index (χ3v) is 4.10. The summed E-state index contributed by atoms with van der Waals surface area (Å²) in [6.07, 6.45) is 0. The van der Waals surface area contributed by atoms with E-state index in [4.69, 9.17) is 4.74 Å². The van der Waals surface area contributed by atoms with Gasteiger partial charge in [0.05, 0.1) is 19.3 Å². The summed E-state index contributed by atoms with van der Waals surface area (Å²) in [5.74, 6) is 0.687. The number of aromatic nitrogens is 2. The maximum absolute atomic E-state index is 5.40. The van der Waals surface area contributed by atoms with Crippen LogP contribution < -0.4 is 10.2 Å². The van der Waals surface area contributed by atoms with E-state index in [9.17, 15) is 0 Å². The number of anilines is 2. The molecule has 0 spiro atoms. The van der Waals surface area contributed by atoms with E-state index in [0.717, 1.165) is 37.7 Å². The van der Waals surface area contributed by atoms with Gasteiger partial charge in [-0.15, -0.1) is 0 Å². The summed E-state index contributed by atoms with van der Waals surface area (Å²) in [5, 5.41) is 3.38. The van der Waals surface area contributed by atoms with Crippen LogP contribution in [0.5, 0.6) is 0 Å². The Bertz CT molecular complexity index is 630. The predicted octanol–water partition coefficient (Wildman–Crippen LogP) is 3.10. The van der Waals surface area contributed by atoms with E-state index in [-0.39, 0.29) is 6.04 Å². The Morgan fingerprint density at radius 3 is 2.26 bits per heavy atom. The molecular weight excluding hydrogens is 288 g/mol. The number of benzene rings is 1. The van der Waals surface area contributed by atoms with Crippen molar-refractivity contribution in [2.75, 3.05) is 36.5 Å². The van der Waals surface area contributed by atoms with E-state index in [1.807, 2.05) is 19.9 Å². The second-order valence-corrected chi connectivity index (χ2v) is 6.03. The fourth-order valence-electron chi connectivity index (χ4n) is 2.86. The van der Waals surface area contributed by atoms with Gasteiger partial charge in [-0.25, -0.2) is 9.97 Å². The van der Waals surface area contributed by atoms with Crippen LogP contribution in [0.3, 0.4) is 0 Å². The van der Waals surface area contributed by atoms with Crippen molar-refractivity contribution >= 4 is 11.6 Å². The lowest BCUT2D eigenvalue weighted by atomic mass is 10.1. The second kappa shape index (κ2) is 6.96. The smallest absolute Gasteiger partial charge is 0.223 e. The van der Waals surface area contributed by atoms with Crippen LogP contribution in [0, 0.1) is 13.8 Å². The largest absolute Gasteiger partial charge is 0.378 e. The molecule has 1 atom stereocenters. The van der Waals surface area contributed by atoms with Crippen molar-refractivity contribution in [1.29, 1.82) is 0 Å². The van der Waals surface area contributed by atoms with Crippen LogP contribution in [0.4, 0.5) is 11.6 Å². The lowest BCUT2D eigenvalue weighted by Crippen LogP contribution is -2.36. The van der Waals surface area contributed by atoms with Gasteiger partial charge in [0.25, 0.3) is 0 Å². The van der Waals surface area contributed by atoms with Crippen LogP contribution in [0.1, 0.15) is 29.9 Å². The highest BCUT2D eigenvalue weighted by Gasteiger charge is 2.12. The van der Waals surface area contributed by atoms with Gasteiger partial charge in [0, 0.05) is 30.2 Å². The number of aryl methyl sites for hydroxylation is 2. The number of nitrogens with one attached hydrogen (secondary N) is 1. The zero-order chi connectivity index (χ0) is 16.2. The van der Waals surface area contributed by atoms with Crippen LogP contribution in [-0.2, 0) is 4.74 Å². The second-order valence-electron chi connectivity index (χ2n) is 6.03. The Morgan fingerprint density at radius 2 is 1.65 bits per heavy atom. The Morgan fingerprint density at radius 1 is 1.04 bits per heavy atom. The first-order valence-electron chi connectivity index (χ1n) is 8.13. The molecule has 2 aromatic rings. The Labute approximate surface area is 137 Å². The van der Waals surface area contributed by atoms with Crippen LogP contribution in [0.25, 0.3) is 0 Å². The highest BCUT2D eigenvalue weighted by Crippen LogP contribution is 2.22. The molecule has 0 amide bonds. The highest BCUT2D eigenvalue weighted by molar-refractivity contribution is 5.49. The lowest BCUT2D eigenvalue weighted by molar-refractivity contribution is 0.122. The summed E-state index contributed by atoms with van der Waals surface area (Å²) in [4.78, 5) is 11.3. The minimum atomic E-state index is 0.162. The first-order chi connectivity index (χ1) is 11.1. The third-order valence-electron chi connectivity index (χ3n) is 4.10. The van der Waals surface area contributed by atoms with Gasteiger partial charge in [0.1, 0.15) is 0 Å². The fraction of sp³-hybridized carbons (Fsp3) is 0.444. The summed E-state index contributed by atoms with van der Waals surface area (Å²) in [5.41, 5.74) is 4.45. The Balaban J connectivity index is 1.68. The summed E-state index contributed by atoms with van der Waals surface area (Å²) < 4.78 is 5.40. The van der Waals surface area contributed by atoms with Crippen LogP contribution in [-0.4, -0.2) is 36.3 Å². The molecule has 1 aromatic carbocycles. The summed E-state index contributed by atoms with van der Waals surface area (Å²) >= 11 is 0. The van der Waals surface area contributed by atoms with Gasteiger partial charge in [0.15, 0.2) is 0 Å². The number of hydrogen-bond acceptors (Lipinski definition) is 5. The van der Waals surface area contributed by atoms with Gasteiger partial charge in [0.2, 0.25) is 5.95 Å². The third kappa shape index (κ3) is 3.99. The molecule has 1 aliphatic rings. The van der Waals surface area contributed by atoms with Crippen molar-refractivity contribution in [3.63, 3.8) is 0 Å². The number of nitrogens with zero attached hydrogens (tertiary/aromatic N) is 3. The van der Waals surface area contributed by atoms with Gasteiger partial charge in [-0.3, -0.25) is 0 Å². The van der Waals surface area contributed by atoms with Crippen molar-refractivity contribution in [3.05, 3.63) is 47.3 Å². The van der Waals surface area contributed by atoms with Crippen LogP contribution >= 0.6 is 0 Å². The quantitative estimate of drug-likeness (QED) is 0.940. The maximum atomic E-state index is 5.40. The molecule has 1 N–H and O–H groups in total. The molecule has 3 rings (SSSR count). The molecule has 1 saturated heterocycles. The molecule has 1 aromatic heterocycles. The number of rotatable bonds is 4. The fourth-order valence-corrected chi connectivity index (χ4v) is 2.86. The minimum absolute atomic E-state index is 0.162. The molecule has 0 radical (unpaired) electrons. The van der Waals surface area contributed by atoms with Gasteiger partial charge >= 0.3 is 0 Å². The monoisotopic (exact) mass is 312 g/mol. The zero-order valence-electron chi connectivity index (χ0n) is 14.0. The molecule has 5 nitrogen and oxygen atoms in total. The summed E-state index contributed by atoms with van der Waals surface area (Å²) in [7, 11) is 0. The summed E-state index contributed by atoms with van der Waals surface area (Å²) in [6.45, 7) is 9.65. The molecule has 5 heteroatoms. The predicted molar refractivity (Wildman–Crippen MR) is 93.0 cm³/mol. The average Bonchev–Trinajstić information content (AvgIpc) is 2.55. The van der Waals surface area contributed by atoms with Gasteiger partial charge in [-0.1, -0.05) is 12.1 Å². The average molecular weight is 312 g/mol. The Hall–Kier alpha value is -2.14. The normalized spacial score (nSPS) is 16.2. The zero-order valence-corrected chi connectivity index (χ0v) is 14.0. The van der Waals surface area contributed by atoms with E-state index in [1.54, 1.807) is 0 Å². The molecule has 0 unspecified atom stereocenters. The minimum Gasteiger partial charge on any atom is -0.378 e. The molecule has 0 bridgehead atoms. The highest BCUT2D eigenvalue weighted by atomic mass is 16.5. The molecule has 23 heavy (non-hydrogen) atoms. The molecule has 1 aliphatic heterocycles. The molecule has 122 valence electrons. The Kier molecular flexibility index (Phi) is 4.76.